The van der Waals surface area contributed by atoms with Crippen molar-refractivity contribution in [1.82, 2.24) is 5.06 Å². The summed E-state index contributed by atoms with van der Waals surface area (Å²) >= 11 is 1.55. The fourth-order valence-electron chi connectivity index (χ4n) is 10.6. The number of fused-ring (bicyclic) bond motifs is 6. The van der Waals surface area contributed by atoms with Crippen molar-refractivity contribution in [2.24, 2.45) is 0 Å². The number of hydrogen-bond donors (Lipinski definition) is 2. The molecule has 71 heavy (non-hydrogen) atoms. The van der Waals surface area contributed by atoms with E-state index in [4.69, 9.17) is 4.84 Å². The quantitative estimate of drug-likeness (QED) is 0.0577. The summed E-state index contributed by atoms with van der Waals surface area (Å²) in [5.41, 5.74) is 7.47. The summed E-state index contributed by atoms with van der Waals surface area (Å²) in [7, 11) is -8.38. The number of rotatable bonds is 15. The summed E-state index contributed by atoms with van der Waals surface area (Å²) in [4.78, 5) is 46.7. The van der Waals surface area contributed by atoms with Crippen molar-refractivity contribution in [1.29, 1.82) is 0 Å². The van der Waals surface area contributed by atoms with Gasteiger partial charge in [-0.1, -0.05) is 92.4 Å². The zero-order valence-electron chi connectivity index (χ0n) is 40.1. The number of nitrogens with zero attached hydrogens (tertiary/aromatic N) is 3. The molecule has 1 saturated heterocycles. The summed E-state index contributed by atoms with van der Waals surface area (Å²) in [5.74, 6) is -2.70. The van der Waals surface area contributed by atoms with Gasteiger partial charge < -0.3 is 9.74 Å². The van der Waals surface area contributed by atoms with Crippen molar-refractivity contribution in [3.8, 4) is 0 Å². The highest BCUT2D eigenvalue weighted by Gasteiger charge is 2.46. The van der Waals surface area contributed by atoms with E-state index in [-0.39, 0.29) is 42.8 Å². The summed E-state index contributed by atoms with van der Waals surface area (Å²) in [5, 5.41) is 4.93. The molecule has 1 aliphatic carbocycles. The maximum atomic E-state index is 13.1. The van der Waals surface area contributed by atoms with Gasteiger partial charge in [0.05, 0.1) is 22.5 Å². The molecule has 5 aromatic carbocycles. The van der Waals surface area contributed by atoms with Gasteiger partial charge in [-0.2, -0.15) is 21.4 Å². The minimum absolute atomic E-state index is 0.0137. The molecule has 0 atom stereocenters. The van der Waals surface area contributed by atoms with E-state index in [2.05, 4.69) is 110 Å². The van der Waals surface area contributed by atoms with Crippen molar-refractivity contribution < 1.29 is 49.7 Å². The van der Waals surface area contributed by atoms with Crippen LogP contribution in [0.15, 0.2) is 148 Å². The molecule has 3 aliphatic heterocycles. The number of imide groups is 1. The van der Waals surface area contributed by atoms with E-state index in [1.165, 1.54) is 0 Å². The lowest BCUT2D eigenvalue weighted by Crippen LogP contribution is -2.32. The second kappa shape index (κ2) is 19.4. The van der Waals surface area contributed by atoms with Crippen LogP contribution in [-0.2, 0) is 45.5 Å². The highest BCUT2D eigenvalue weighted by Crippen LogP contribution is 2.52. The Bertz CT molecular complexity index is 3410. The Morgan fingerprint density at radius 1 is 0.718 bits per heavy atom. The van der Waals surface area contributed by atoms with Crippen molar-refractivity contribution in [2.75, 3.05) is 29.5 Å². The summed E-state index contributed by atoms with van der Waals surface area (Å²) in [6.45, 7) is 9.43. The average Bonchev–Trinajstić information content (AvgIpc) is 3.84. The molecule has 0 unspecified atom stereocenters. The van der Waals surface area contributed by atoms with Crippen LogP contribution in [0.2, 0.25) is 0 Å². The average molecular weight is 1020 g/mol. The fourth-order valence-corrected chi connectivity index (χ4v) is 12.7. The molecule has 368 valence electrons. The Kier molecular flexibility index (Phi) is 13.6. The van der Waals surface area contributed by atoms with E-state index < -0.39 is 48.8 Å². The lowest BCUT2D eigenvalue weighted by molar-refractivity contribution is -0.437. The molecule has 3 heterocycles. The van der Waals surface area contributed by atoms with Crippen LogP contribution in [0.25, 0.3) is 21.5 Å². The highest BCUT2D eigenvalue weighted by molar-refractivity contribution is 8.03. The van der Waals surface area contributed by atoms with E-state index in [0.29, 0.717) is 18.2 Å². The van der Waals surface area contributed by atoms with Gasteiger partial charge >= 0.3 is 5.97 Å². The third-order valence-corrected chi connectivity index (χ3v) is 16.8. The molecular weight excluding hydrogens is 959 g/mol. The first-order chi connectivity index (χ1) is 33.7. The van der Waals surface area contributed by atoms with Crippen LogP contribution in [0, 0.1) is 0 Å². The van der Waals surface area contributed by atoms with Gasteiger partial charge in [0.2, 0.25) is 5.69 Å². The number of thioether (sulfide) groups is 1. The predicted molar refractivity (Wildman–Crippen MR) is 278 cm³/mol. The van der Waals surface area contributed by atoms with Crippen molar-refractivity contribution in [3.63, 3.8) is 0 Å². The van der Waals surface area contributed by atoms with E-state index in [9.17, 15) is 40.3 Å². The van der Waals surface area contributed by atoms with Crippen molar-refractivity contribution >= 4 is 88.4 Å². The number of amides is 2. The Hall–Kier alpha value is -6.17. The lowest BCUT2D eigenvalue weighted by Gasteiger charge is -2.27. The summed E-state index contributed by atoms with van der Waals surface area (Å²) in [6.07, 6.45) is 11.3. The van der Waals surface area contributed by atoms with Gasteiger partial charge in [-0.15, -0.1) is 5.06 Å². The Morgan fingerprint density at radius 2 is 1.34 bits per heavy atom. The topological polar surface area (TPSA) is 179 Å². The molecule has 0 aromatic heterocycles. The summed E-state index contributed by atoms with van der Waals surface area (Å²) < 4.78 is 69.3. The van der Waals surface area contributed by atoms with Crippen molar-refractivity contribution in [2.45, 2.75) is 88.4 Å². The molecule has 13 nitrogen and oxygen atoms in total. The van der Waals surface area contributed by atoms with Crippen LogP contribution in [0.5, 0.6) is 0 Å². The first-order valence-electron chi connectivity index (χ1n) is 23.8. The standard InChI is InChI=1S/C55H55N3O10S3/c1-54(2)46(56(32-10-34-70(62,63)64)44-26-20-36-12-5-7-16-42(36)50(44)54)28-22-38-14-9-15-39(52(38)69-41-24-18-40(19-25-41)53(61)68-58-48(59)30-31-49(58)60)23-29-47-55(3,4)51-43-17-8-6-13-37(43)21-27-45(51)57(47)33-11-35-71(65,66)67/h5-8,12-13,16-29H,9-11,14-15,30-35H2,1-4H3,(H-,62,63,64,65,66,67)/p+1. The zero-order chi connectivity index (χ0) is 50.5. The van der Waals surface area contributed by atoms with E-state index in [1.54, 1.807) is 36.0 Å². The largest absolute Gasteiger partial charge is 0.363 e. The van der Waals surface area contributed by atoms with Crippen LogP contribution in [0.4, 0.5) is 11.4 Å². The van der Waals surface area contributed by atoms with E-state index in [0.717, 1.165) is 95.7 Å². The molecule has 0 spiro atoms. The van der Waals surface area contributed by atoms with Crippen LogP contribution in [-0.4, -0.2) is 83.7 Å². The normalized spacial score (nSPS) is 19.1. The third kappa shape index (κ3) is 10.2. The molecule has 0 bridgehead atoms. The molecular formula is C55H56N3O10S3+. The van der Waals surface area contributed by atoms with Gasteiger partial charge in [0, 0.05) is 70.1 Å². The smallest absolute Gasteiger partial charge is 0.344 e. The van der Waals surface area contributed by atoms with Gasteiger partial charge in [-0.25, -0.2) is 4.79 Å². The first-order valence-corrected chi connectivity index (χ1v) is 27.8. The molecule has 0 saturated carbocycles. The van der Waals surface area contributed by atoms with Crippen LogP contribution in [0.3, 0.4) is 0 Å². The molecule has 1 fully saturated rings. The number of carbonyl (C=O) groups is 3. The lowest BCUT2D eigenvalue weighted by atomic mass is 9.78. The van der Waals surface area contributed by atoms with Gasteiger partial charge in [-0.3, -0.25) is 18.7 Å². The highest BCUT2D eigenvalue weighted by atomic mass is 32.2. The fraction of sp³-hybridized carbons (Fsp3) is 0.309. The third-order valence-electron chi connectivity index (χ3n) is 13.9. The molecule has 5 aromatic rings. The number of anilines is 1. The number of benzene rings is 5. The number of allylic oxidation sites excluding steroid dienone is 7. The Labute approximate surface area is 418 Å². The molecule has 4 aliphatic rings. The molecule has 2 amide bonds. The number of hydroxylamine groups is 2. The Morgan fingerprint density at radius 3 is 2.00 bits per heavy atom. The van der Waals surface area contributed by atoms with Crippen LogP contribution >= 0.6 is 11.8 Å². The van der Waals surface area contributed by atoms with Crippen molar-refractivity contribution in [3.05, 3.63) is 160 Å². The maximum Gasteiger partial charge on any atom is 0.363 e. The second-order valence-corrected chi connectivity index (χ2v) is 23.7. The van der Waals surface area contributed by atoms with Gasteiger partial charge in [0.25, 0.3) is 32.1 Å². The molecule has 9 rings (SSSR count). The predicted octanol–water partition coefficient (Wildman–Crippen LogP) is 10.5. The molecule has 2 N–H and O–H groups in total. The monoisotopic (exact) mass is 1010 g/mol. The molecule has 0 radical (unpaired) electrons. The SMILES string of the molecule is CC1(C)C(/C=C/C2=C(Sc3ccc(C(=O)ON4C(=O)CCC4=O)cc3)C(=C/C=C3/N(CCCS(=O)(=O)O)c4ccc5ccccc5c4C3(C)C)/CCC2)=[N+](CCCS(=O)(=O)O)c2ccc3ccccc3c21. The number of hydrogen-bond acceptors (Lipinski definition) is 10. The van der Waals surface area contributed by atoms with E-state index >= 15 is 0 Å². The minimum atomic E-state index is -4.19. The Balaban J connectivity index is 1.14. The maximum absolute atomic E-state index is 13.1. The zero-order valence-corrected chi connectivity index (χ0v) is 42.5. The van der Waals surface area contributed by atoms with E-state index in [1.807, 2.05) is 24.3 Å². The van der Waals surface area contributed by atoms with Gasteiger partial charge in [0.1, 0.15) is 6.54 Å². The van der Waals surface area contributed by atoms with Crippen LogP contribution < -0.4 is 4.90 Å². The van der Waals surface area contributed by atoms with Crippen LogP contribution in [0.1, 0.15) is 94.1 Å². The van der Waals surface area contributed by atoms with Gasteiger partial charge in [0.15, 0.2) is 5.71 Å². The number of carbonyl (C=O) groups excluding carboxylic acids is 3. The second-order valence-electron chi connectivity index (χ2n) is 19.5. The summed E-state index contributed by atoms with van der Waals surface area (Å²) in [6, 6.07) is 31.6. The minimum Gasteiger partial charge on any atom is -0.344 e. The van der Waals surface area contributed by atoms with Gasteiger partial charge in [-0.05, 0) is 120 Å². The molecule has 16 heteroatoms. The first kappa shape index (κ1) is 49.8.